The molecule has 6 rings (SSSR count). The van der Waals surface area contributed by atoms with Crippen LogP contribution in [0.2, 0.25) is 0 Å². The number of hydrogen-bond donors (Lipinski definition) is 0. The van der Waals surface area contributed by atoms with Crippen LogP contribution in [-0.2, 0) is 12.8 Å². The van der Waals surface area contributed by atoms with Gasteiger partial charge in [-0.2, -0.15) is 0 Å². The van der Waals surface area contributed by atoms with Crippen LogP contribution in [0, 0.1) is 0 Å². The summed E-state index contributed by atoms with van der Waals surface area (Å²) in [6.07, 6.45) is 6.72. The van der Waals surface area contributed by atoms with Gasteiger partial charge in [0.15, 0.2) is 0 Å². The smallest absolute Gasteiger partial charge is 0.0704 e. The van der Waals surface area contributed by atoms with Crippen molar-refractivity contribution >= 4 is 32.4 Å². The molecule has 0 aliphatic heterocycles. The fourth-order valence-electron chi connectivity index (χ4n) is 5.25. The first-order valence-corrected chi connectivity index (χ1v) is 10.6. The van der Waals surface area contributed by atoms with Crippen molar-refractivity contribution in [2.24, 2.45) is 0 Å². The van der Waals surface area contributed by atoms with Gasteiger partial charge in [0.1, 0.15) is 0 Å². The second-order valence-corrected chi connectivity index (χ2v) is 8.34. The van der Waals surface area contributed by atoms with Crippen LogP contribution >= 0.6 is 0 Å². The lowest BCUT2D eigenvalue weighted by atomic mass is 9.77. The first-order valence-electron chi connectivity index (χ1n) is 10.6. The largest absolute Gasteiger partial charge is 0.256 e. The molecular weight excluding hydrogens is 350 g/mol. The standard InChI is InChI=1S/C28H23N/c1-2-8-23-20(5-1)12-13-27-25-9-3-6-22(24(25)14-15-26(23)27)17-19-10-11-21-7-4-16-29-28(21)18-19/h1-2,4-5,7-8,10-16,18,22H,3,6,9,17H2. The molecule has 0 saturated carbocycles. The highest BCUT2D eigenvalue weighted by Gasteiger charge is 2.22. The Kier molecular flexibility index (Phi) is 3.87. The highest BCUT2D eigenvalue weighted by molar-refractivity contribution is 6.08. The first kappa shape index (κ1) is 16.7. The zero-order valence-electron chi connectivity index (χ0n) is 16.4. The van der Waals surface area contributed by atoms with Crippen molar-refractivity contribution in [2.75, 3.05) is 0 Å². The summed E-state index contributed by atoms with van der Waals surface area (Å²) in [5.74, 6) is 0.593. The lowest BCUT2D eigenvalue weighted by Crippen LogP contribution is -2.12. The molecule has 5 aromatic rings. The molecular formula is C28H23N. The van der Waals surface area contributed by atoms with Crippen LogP contribution in [0.25, 0.3) is 32.4 Å². The van der Waals surface area contributed by atoms with E-state index in [9.17, 15) is 0 Å². The molecule has 0 fully saturated rings. The van der Waals surface area contributed by atoms with Gasteiger partial charge in [-0.1, -0.05) is 66.7 Å². The first-order chi connectivity index (χ1) is 14.4. The van der Waals surface area contributed by atoms with Crippen LogP contribution in [0.15, 0.2) is 85.1 Å². The van der Waals surface area contributed by atoms with Crippen molar-refractivity contribution < 1.29 is 0 Å². The molecule has 29 heavy (non-hydrogen) atoms. The van der Waals surface area contributed by atoms with E-state index in [1.165, 1.54) is 51.8 Å². The molecule has 0 amide bonds. The molecule has 1 unspecified atom stereocenters. The summed E-state index contributed by atoms with van der Waals surface area (Å²) in [7, 11) is 0. The van der Waals surface area contributed by atoms with E-state index >= 15 is 0 Å². The summed E-state index contributed by atoms with van der Waals surface area (Å²) in [5, 5.41) is 6.77. The van der Waals surface area contributed by atoms with E-state index in [-0.39, 0.29) is 0 Å². The van der Waals surface area contributed by atoms with E-state index in [2.05, 4.69) is 77.8 Å². The second kappa shape index (κ2) is 6.70. The Hall–Kier alpha value is -3.19. The maximum absolute atomic E-state index is 4.55. The molecule has 0 spiro atoms. The minimum Gasteiger partial charge on any atom is -0.256 e. The summed E-state index contributed by atoms with van der Waals surface area (Å²) in [5.41, 5.74) is 5.63. The lowest BCUT2D eigenvalue weighted by molar-refractivity contribution is 0.553. The average molecular weight is 373 g/mol. The normalized spacial score (nSPS) is 16.3. The molecule has 1 heterocycles. The van der Waals surface area contributed by atoms with E-state index in [0.717, 1.165) is 11.9 Å². The summed E-state index contributed by atoms with van der Waals surface area (Å²) >= 11 is 0. The van der Waals surface area contributed by atoms with E-state index in [1.807, 2.05) is 12.3 Å². The number of hydrogen-bond acceptors (Lipinski definition) is 1. The topological polar surface area (TPSA) is 12.9 Å². The fraction of sp³-hybridized carbons (Fsp3) is 0.179. The molecule has 0 N–H and O–H groups in total. The Bertz CT molecular complexity index is 1370. The van der Waals surface area contributed by atoms with E-state index in [0.29, 0.717) is 5.92 Å². The van der Waals surface area contributed by atoms with E-state index < -0.39 is 0 Å². The Morgan fingerprint density at radius 3 is 2.62 bits per heavy atom. The molecule has 0 bridgehead atoms. The van der Waals surface area contributed by atoms with Gasteiger partial charge >= 0.3 is 0 Å². The van der Waals surface area contributed by atoms with Gasteiger partial charge in [0, 0.05) is 11.6 Å². The van der Waals surface area contributed by atoms with Crippen molar-refractivity contribution in [3.8, 4) is 0 Å². The molecule has 0 saturated heterocycles. The van der Waals surface area contributed by atoms with Gasteiger partial charge in [0.05, 0.1) is 5.52 Å². The molecule has 4 aromatic carbocycles. The average Bonchev–Trinajstić information content (AvgIpc) is 2.79. The van der Waals surface area contributed by atoms with Crippen LogP contribution in [0.4, 0.5) is 0 Å². The number of benzene rings is 4. The summed E-state index contributed by atoms with van der Waals surface area (Å²) in [6.45, 7) is 0. The Labute approximate surface area is 171 Å². The van der Waals surface area contributed by atoms with Gasteiger partial charge in [0.2, 0.25) is 0 Å². The number of nitrogens with zero attached hydrogens (tertiary/aromatic N) is 1. The Morgan fingerprint density at radius 1 is 0.759 bits per heavy atom. The van der Waals surface area contributed by atoms with Crippen LogP contribution < -0.4 is 0 Å². The number of aryl methyl sites for hydroxylation is 1. The minimum absolute atomic E-state index is 0.593. The SMILES string of the molecule is c1cnc2cc(CC3CCCc4c3ccc3c4ccc4ccccc43)ccc2c1. The molecule has 1 aromatic heterocycles. The number of fused-ring (bicyclic) bond motifs is 6. The molecule has 1 aliphatic carbocycles. The third kappa shape index (κ3) is 2.81. The van der Waals surface area contributed by atoms with Crippen molar-refractivity contribution in [1.82, 2.24) is 4.98 Å². The van der Waals surface area contributed by atoms with Gasteiger partial charge in [-0.3, -0.25) is 4.98 Å². The third-order valence-corrected chi connectivity index (χ3v) is 6.65. The predicted molar refractivity (Wildman–Crippen MR) is 123 cm³/mol. The summed E-state index contributed by atoms with van der Waals surface area (Å²) < 4.78 is 0. The molecule has 1 heteroatoms. The Morgan fingerprint density at radius 2 is 1.62 bits per heavy atom. The summed E-state index contributed by atoms with van der Waals surface area (Å²) in [4.78, 5) is 4.55. The third-order valence-electron chi connectivity index (χ3n) is 6.65. The quantitative estimate of drug-likeness (QED) is 0.298. The van der Waals surface area contributed by atoms with Gasteiger partial charge < -0.3 is 0 Å². The highest BCUT2D eigenvalue weighted by Crippen LogP contribution is 2.39. The Balaban J connectivity index is 1.44. The molecule has 1 aliphatic rings. The fourth-order valence-corrected chi connectivity index (χ4v) is 5.25. The van der Waals surface area contributed by atoms with Gasteiger partial charge in [0.25, 0.3) is 0 Å². The monoisotopic (exact) mass is 373 g/mol. The molecule has 1 nitrogen and oxygen atoms in total. The zero-order valence-corrected chi connectivity index (χ0v) is 16.4. The molecule has 0 radical (unpaired) electrons. The lowest BCUT2D eigenvalue weighted by Gasteiger charge is -2.27. The maximum Gasteiger partial charge on any atom is 0.0704 e. The van der Waals surface area contributed by atoms with Crippen molar-refractivity contribution in [2.45, 2.75) is 31.6 Å². The van der Waals surface area contributed by atoms with Crippen LogP contribution in [-0.4, -0.2) is 4.98 Å². The van der Waals surface area contributed by atoms with Crippen LogP contribution in [0.3, 0.4) is 0 Å². The summed E-state index contributed by atoms with van der Waals surface area (Å²) in [6, 6.07) is 29.1. The van der Waals surface area contributed by atoms with Crippen LogP contribution in [0.5, 0.6) is 0 Å². The minimum atomic E-state index is 0.593. The second-order valence-electron chi connectivity index (χ2n) is 8.34. The highest BCUT2D eigenvalue weighted by atomic mass is 14.6. The number of aromatic nitrogens is 1. The van der Waals surface area contributed by atoms with Crippen molar-refractivity contribution in [3.05, 3.63) is 102 Å². The van der Waals surface area contributed by atoms with E-state index in [4.69, 9.17) is 0 Å². The molecule has 1 atom stereocenters. The maximum atomic E-state index is 4.55. The van der Waals surface area contributed by atoms with Gasteiger partial charge in [-0.15, -0.1) is 0 Å². The zero-order chi connectivity index (χ0) is 19.2. The predicted octanol–water partition coefficient (Wildman–Crippen LogP) is 7.20. The van der Waals surface area contributed by atoms with Crippen molar-refractivity contribution in [3.63, 3.8) is 0 Å². The number of pyridine rings is 1. The number of rotatable bonds is 2. The molecule has 140 valence electrons. The van der Waals surface area contributed by atoms with Crippen LogP contribution in [0.1, 0.15) is 35.4 Å². The van der Waals surface area contributed by atoms with E-state index in [1.54, 1.807) is 11.1 Å². The van der Waals surface area contributed by atoms with Crippen molar-refractivity contribution in [1.29, 1.82) is 0 Å². The van der Waals surface area contributed by atoms with Gasteiger partial charge in [-0.25, -0.2) is 0 Å². The van der Waals surface area contributed by atoms with Gasteiger partial charge in [-0.05, 0) is 82.0 Å².